The lowest BCUT2D eigenvalue weighted by Gasteiger charge is -2.17. The Labute approximate surface area is 213 Å². The maximum Gasteiger partial charge on any atom is 0.287 e. The predicted octanol–water partition coefficient (Wildman–Crippen LogP) is 2.76. The van der Waals surface area contributed by atoms with E-state index >= 15 is 0 Å². The molecule has 2 aromatic heterocycles. The third kappa shape index (κ3) is 5.94. The first kappa shape index (κ1) is 26.1. The van der Waals surface area contributed by atoms with E-state index in [1.807, 2.05) is 42.5 Å². The third-order valence-corrected chi connectivity index (χ3v) is 5.39. The SMILES string of the molecule is COc1ccc(-c2cn(-c3ncccc3C(=O)NC(Cc3ccccc3)C(=O)C(N)=O)cn2)cc1.Cl. The maximum atomic E-state index is 13.2. The number of amides is 2. The van der Waals surface area contributed by atoms with Crippen molar-refractivity contribution in [3.05, 3.63) is 96.6 Å². The molecule has 4 rings (SSSR count). The Balaban J connectivity index is 0.00000361. The molecule has 36 heavy (non-hydrogen) atoms. The van der Waals surface area contributed by atoms with Crippen LogP contribution in [0, 0.1) is 0 Å². The molecule has 0 saturated carbocycles. The summed E-state index contributed by atoms with van der Waals surface area (Å²) in [6.45, 7) is 0. The van der Waals surface area contributed by atoms with Crippen LogP contribution in [0.1, 0.15) is 15.9 Å². The number of hydrogen-bond donors (Lipinski definition) is 2. The first-order valence-electron chi connectivity index (χ1n) is 10.8. The van der Waals surface area contributed by atoms with Crippen molar-refractivity contribution in [2.75, 3.05) is 7.11 Å². The van der Waals surface area contributed by atoms with Crippen LogP contribution in [0.2, 0.25) is 0 Å². The largest absolute Gasteiger partial charge is 0.497 e. The maximum absolute atomic E-state index is 13.2. The standard InChI is InChI=1S/C26H23N5O4.ClH/c1-35-19-11-9-18(10-12-19)22-15-31(16-29-22)25-20(8-5-13-28-25)26(34)30-21(23(32)24(27)33)14-17-6-3-2-4-7-17;/h2-13,15-16,21H,14H2,1H3,(H2,27,33)(H,30,34);1H. The van der Waals surface area contributed by atoms with Crippen LogP contribution in [0.4, 0.5) is 0 Å². The van der Waals surface area contributed by atoms with E-state index in [0.717, 1.165) is 16.9 Å². The summed E-state index contributed by atoms with van der Waals surface area (Å²) in [6, 6.07) is 18.5. The molecule has 9 nitrogen and oxygen atoms in total. The average molecular weight is 506 g/mol. The van der Waals surface area contributed by atoms with Crippen LogP contribution in [0.25, 0.3) is 17.1 Å². The minimum atomic E-state index is -1.12. The number of carbonyl (C=O) groups is 3. The number of nitrogens with two attached hydrogens (primary N) is 1. The number of halogens is 1. The molecule has 0 aliphatic carbocycles. The fraction of sp³-hybridized carbons (Fsp3) is 0.115. The van der Waals surface area contributed by atoms with Crippen molar-refractivity contribution in [3.8, 4) is 22.8 Å². The molecule has 3 N–H and O–H groups in total. The molecule has 0 radical (unpaired) electrons. The number of imidazole rings is 1. The number of ether oxygens (including phenoxy) is 1. The third-order valence-electron chi connectivity index (χ3n) is 5.39. The number of aromatic nitrogens is 3. The molecule has 0 spiro atoms. The predicted molar refractivity (Wildman–Crippen MR) is 136 cm³/mol. The van der Waals surface area contributed by atoms with Gasteiger partial charge in [0.1, 0.15) is 18.1 Å². The highest BCUT2D eigenvalue weighted by molar-refractivity contribution is 6.38. The highest BCUT2D eigenvalue weighted by Crippen LogP contribution is 2.22. The first-order chi connectivity index (χ1) is 17.0. The van der Waals surface area contributed by atoms with Gasteiger partial charge in [0.15, 0.2) is 5.82 Å². The van der Waals surface area contributed by atoms with Gasteiger partial charge in [-0.25, -0.2) is 9.97 Å². The van der Waals surface area contributed by atoms with E-state index in [-0.39, 0.29) is 24.4 Å². The summed E-state index contributed by atoms with van der Waals surface area (Å²) in [7, 11) is 1.60. The fourth-order valence-corrected chi connectivity index (χ4v) is 3.60. The van der Waals surface area contributed by atoms with Gasteiger partial charge in [0.05, 0.1) is 18.4 Å². The Kier molecular flexibility index (Phi) is 8.53. The number of pyridine rings is 1. The second-order valence-corrected chi connectivity index (χ2v) is 7.71. The van der Waals surface area contributed by atoms with Crippen molar-refractivity contribution >= 4 is 30.0 Å². The molecule has 4 aromatic rings. The number of ketones is 1. The number of benzene rings is 2. The van der Waals surface area contributed by atoms with Gasteiger partial charge in [0.25, 0.3) is 11.8 Å². The number of nitrogens with one attached hydrogen (secondary N) is 1. The Morgan fingerprint density at radius 1 is 1.00 bits per heavy atom. The number of primary amides is 1. The molecule has 0 aliphatic rings. The average Bonchev–Trinajstić information content (AvgIpc) is 3.38. The van der Waals surface area contributed by atoms with E-state index < -0.39 is 23.6 Å². The molecule has 0 aliphatic heterocycles. The van der Waals surface area contributed by atoms with E-state index in [9.17, 15) is 14.4 Å². The molecule has 1 unspecified atom stereocenters. The van der Waals surface area contributed by atoms with Crippen LogP contribution in [0.3, 0.4) is 0 Å². The van der Waals surface area contributed by atoms with Gasteiger partial charge in [-0.1, -0.05) is 30.3 Å². The molecule has 1 atom stereocenters. The van der Waals surface area contributed by atoms with Gasteiger partial charge in [-0.05, 0) is 42.0 Å². The molecule has 184 valence electrons. The zero-order valence-electron chi connectivity index (χ0n) is 19.3. The van der Waals surface area contributed by atoms with Gasteiger partial charge in [0, 0.05) is 24.4 Å². The van der Waals surface area contributed by atoms with E-state index in [2.05, 4.69) is 15.3 Å². The van der Waals surface area contributed by atoms with Crippen molar-refractivity contribution < 1.29 is 19.1 Å². The normalized spacial score (nSPS) is 11.1. The Hall–Kier alpha value is -4.50. The zero-order chi connectivity index (χ0) is 24.8. The minimum absolute atomic E-state index is 0. The molecule has 0 bridgehead atoms. The highest BCUT2D eigenvalue weighted by atomic mass is 35.5. The number of Topliss-reactive ketones (excluding diaryl/α,β-unsaturated/α-hetero) is 1. The quantitative estimate of drug-likeness (QED) is 0.336. The van der Waals surface area contributed by atoms with Crippen LogP contribution in [-0.4, -0.2) is 45.3 Å². The second kappa shape index (κ2) is 11.8. The van der Waals surface area contributed by atoms with Gasteiger partial charge in [-0.3, -0.25) is 19.0 Å². The number of rotatable bonds is 9. The van der Waals surface area contributed by atoms with Gasteiger partial charge < -0.3 is 15.8 Å². The molecule has 10 heteroatoms. The van der Waals surface area contributed by atoms with Crippen LogP contribution in [0.15, 0.2) is 85.5 Å². The van der Waals surface area contributed by atoms with Gasteiger partial charge >= 0.3 is 0 Å². The lowest BCUT2D eigenvalue weighted by Crippen LogP contribution is -2.47. The molecule has 2 aromatic carbocycles. The van der Waals surface area contributed by atoms with Crippen LogP contribution in [-0.2, 0) is 16.0 Å². The monoisotopic (exact) mass is 505 g/mol. The summed E-state index contributed by atoms with van der Waals surface area (Å²) in [5.74, 6) is -1.51. The molecule has 2 amide bonds. The smallest absolute Gasteiger partial charge is 0.287 e. The van der Waals surface area contributed by atoms with Crippen molar-refractivity contribution in [1.29, 1.82) is 0 Å². The number of hydrogen-bond acceptors (Lipinski definition) is 6. The number of nitrogens with zero attached hydrogens (tertiary/aromatic N) is 3. The summed E-state index contributed by atoms with van der Waals surface area (Å²) in [6.07, 6.45) is 4.97. The van der Waals surface area contributed by atoms with Gasteiger partial charge in [0.2, 0.25) is 5.78 Å². The molecule has 0 saturated heterocycles. The first-order valence-corrected chi connectivity index (χ1v) is 10.8. The highest BCUT2D eigenvalue weighted by Gasteiger charge is 2.27. The van der Waals surface area contributed by atoms with Crippen molar-refractivity contribution in [2.24, 2.45) is 5.73 Å². The van der Waals surface area contributed by atoms with Crippen LogP contribution >= 0.6 is 12.4 Å². The van der Waals surface area contributed by atoms with Crippen LogP contribution < -0.4 is 15.8 Å². The van der Waals surface area contributed by atoms with E-state index in [0.29, 0.717) is 11.5 Å². The van der Waals surface area contributed by atoms with Crippen LogP contribution in [0.5, 0.6) is 5.75 Å². The molecular weight excluding hydrogens is 482 g/mol. The zero-order valence-corrected chi connectivity index (χ0v) is 20.1. The summed E-state index contributed by atoms with van der Waals surface area (Å²) in [5.41, 5.74) is 7.75. The summed E-state index contributed by atoms with van der Waals surface area (Å²) < 4.78 is 6.81. The van der Waals surface area contributed by atoms with Crippen molar-refractivity contribution in [1.82, 2.24) is 19.9 Å². The Bertz CT molecular complexity index is 1360. The van der Waals surface area contributed by atoms with E-state index in [1.54, 1.807) is 54.7 Å². The van der Waals surface area contributed by atoms with Crippen molar-refractivity contribution in [2.45, 2.75) is 12.5 Å². The van der Waals surface area contributed by atoms with Crippen molar-refractivity contribution in [3.63, 3.8) is 0 Å². The number of carbonyl (C=O) groups excluding carboxylic acids is 3. The summed E-state index contributed by atoms with van der Waals surface area (Å²) in [4.78, 5) is 46.0. The fourth-order valence-electron chi connectivity index (χ4n) is 3.60. The second-order valence-electron chi connectivity index (χ2n) is 7.71. The molecule has 0 fully saturated rings. The topological polar surface area (TPSA) is 129 Å². The van der Waals surface area contributed by atoms with Gasteiger partial charge in [-0.2, -0.15) is 0 Å². The summed E-state index contributed by atoms with van der Waals surface area (Å²) in [5, 5.41) is 2.65. The molecular formula is C26H24ClN5O4. The lowest BCUT2D eigenvalue weighted by atomic mass is 10.0. The Morgan fingerprint density at radius 3 is 2.39 bits per heavy atom. The van der Waals surface area contributed by atoms with E-state index in [4.69, 9.17) is 10.5 Å². The van der Waals surface area contributed by atoms with E-state index in [1.165, 1.54) is 0 Å². The minimum Gasteiger partial charge on any atom is -0.497 e. The summed E-state index contributed by atoms with van der Waals surface area (Å²) >= 11 is 0. The molecule has 2 heterocycles. The lowest BCUT2D eigenvalue weighted by molar-refractivity contribution is -0.137. The van der Waals surface area contributed by atoms with Gasteiger partial charge in [-0.15, -0.1) is 12.4 Å². The number of methoxy groups -OCH3 is 1. The Morgan fingerprint density at radius 2 is 1.72 bits per heavy atom.